The first kappa shape index (κ1) is 14.5. The summed E-state index contributed by atoms with van der Waals surface area (Å²) in [5, 5.41) is 0. The summed E-state index contributed by atoms with van der Waals surface area (Å²) in [6, 6.07) is 0. The van der Waals surface area contributed by atoms with Gasteiger partial charge in [0.1, 0.15) is 0 Å². The molecule has 0 aromatic carbocycles. The Morgan fingerprint density at radius 2 is 2.12 bits per heavy atom. The summed E-state index contributed by atoms with van der Waals surface area (Å²) < 4.78 is 12.6. The first-order valence-electron chi connectivity index (χ1n) is 5.95. The molecule has 0 bridgehead atoms. The van der Waals surface area contributed by atoms with E-state index in [1.54, 1.807) is 0 Å². The van der Waals surface area contributed by atoms with Crippen LogP contribution in [-0.2, 0) is 9.47 Å². The van der Waals surface area contributed by atoms with Gasteiger partial charge in [0.25, 0.3) is 0 Å². The fourth-order valence-electron chi connectivity index (χ4n) is 1.69. The van der Waals surface area contributed by atoms with E-state index in [9.17, 15) is 0 Å². The zero-order valence-electron chi connectivity index (χ0n) is 10.7. The monoisotopic (exact) mass is 338 g/mol. The molecule has 16 heavy (non-hydrogen) atoms. The van der Waals surface area contributed by atoms with E-state index in [-0.39, 0.29) is 17.8 Å². The summed E-state index contributed by atoms with van der Waals surface area (Å²) in [5.74, 6) is 0.557. The van der Waals surface area contributed by atoms with Gasteiger partial charge in [0, 0.05) is 0 Å². The lowest BCUT2D eigenvalue weighted by atomic mass is 9.88. The molecule has 0 amide bonds. The number of halogens is 1. The number of alkyl halides is 1. The van der Waals surface area contributed by atoms with Crippen LogP contribution in [0, 0.1) is 11.3 Å². The van der Waals surface area contributed by atoms with Crippen LogP contribution in [0.5, 0.6) is 0 Å². The molecule has 0 aromatic heterocycles. The molecule has 1 aliphatic carbocycles. The Morgan fingerprint density at radius 3 is 2.56 bits per heavy atom. The van der Waals surface area contributed by atoms with E-state index < -0.39 is 0 Å². The van der Waals surface area contributed by atoms with Crippen LogP contribution in [0.4, 0.5) is 0 Å². The quantitative estimate of drug-likeness (QED) is 0.318. The smallest absolute Gasteiger partial charge is 0.167 e. The van der Waals surface area contributed by atoms with Crippen LogP contribution in [0.15, 0.2) is 12.2 Å². The normalized spacial score (nSPS) is 25.2. The number of ether oxygens (including phenoxy) is 2. The highest BCUT2D eigenvalue weighted by Gasteiger charge is 2.33. The van der Waals surface area contributed by atoms with Crippen molar-refractivity contribution in [1.82, 2.24) is 0 Å². The molecule has 0 saturated heterocycles. The van der Waals surface area contributed by atoms with Crippen molar-refractivity contribution in [3.05, 3.63) is 12.2 Å². The fraction of sp³-hybridized carbons (Fsp3) is 0.846. The first-order valence-corrected chi connectivity index (χ1v) is 7.48. The van der Waals surface area contributed by atoms with Gasteiger partial charge in [-0.3, -0.25) is 0 Å². The van der Waals surface area contributed by atoms with Crippen molar-refractivity contribution in [2.45, 2.75) is 46.5 Å². The number of rotatable bonds is 6. The third kappa shape index (κ3) is 4.34. The Kier molecular flexibility index (Phi) is 5.74. The summed E-state index contributed by atoms with van der Waals surface area (Å²) in [5.41, 5.74) is 0.214. The van der Waals surface area contributed by atoms with Gasteiger partial charge < -0.3 is 9.47 Å². The highest BCUT2D eigenvalue weighted by molar-refractivity contribution is 14.1. The summed E-state index contributed by atoms with van der Waals surface area (Å²) in [4.78, 5) is 0. The fourth-order valence-corrected chi connectivity index (χ4v) is 2.15. The van der Waals surface area contributed by atoms with Gasteiger partial charge in [0.2, 0.25) is 0 Å². The Bertz CT molecular complexity index is 236. The molecule has 0 heterocycles. The van der Waals surface area contributed by atoms with Crippen LogP contribution in [0.3, 0.4) is 0 Å². The van der Waals surface area contributed by atoms with Crippen LogP contribution in [0.2, 0.25) is 0 Å². The Hall–Kier alpha value is 0.390. The largest absolute Gasteiger partial charge is 0.352 e. The molecule has 0 fully saturated rings. The zero-order valence-corrected chi connectivity index (χ0v) is 12.9. The van der Waals surface area contributed by atoms with Crippen molar-refractivity contribution in [2.75, 3.05) is 11.0 Å². The number of hydrogen-bond acceptors (Lipinski definition) is 2. The maximum Gasteiger partial charge on any atom is 0.167 e. The lowest BCUT2D eigenvalue weighted by molar-refractivity contribution is -0.168. The second-order valence-corrected chi connectivity index (χ2v) is 6.37. The molecule has 0 N–H and O–H groups in total. The molecule has 2 nitrogen and oxygen atoms in total. The zero-order chi connectivity index (χ0) is 12.2. The molecular formula is C13H23IO2. The van der Waals surface area contributed by atoms with Crippen molar-refractivity contribution in [2.24, 2.45) is 11.3 Å². The summed E-state index contributed by atoms with van der Waals surface area (Å²) in [6.07, 6.45) is 5.58. The van der Waals surface area contributed by atoms with Crippen molar-refractivity contribution >= 4 is 22.6 Å². The predicted molar refractivity (Wildman–Crippen MR) is 75.9 cm³/mol. The van der Waals surface area contributed by atoms with Gasteiger partial charge in [-0.15, -0.1) is 0 Å². The third-order valence-corrected chi connectivity index (χ3v) is 3.48. The van der Waals surface area contributed by atoms with E-state index in [2.05, 4.69) is 62.4 Å². The maximum absolute atomic E-state index is 6.01. The van der Waals surface area contributed by atoms with Crippen LogP contribution < -0.4 is 0 Å². The summed E-state index contributed by atoms with van der Waals surface area (Å²) in [6.45, 7) is 9.56. The van der Waals surface area contributed by atoms with Crippen LogP contribution in [-0.4, -0.2) is 23.4 Å². The average Bonchev–Trinajstić information content (AvgIpc) is 2.52. The second kappa shape index (κ2) is 6.36. The lowest BCUT2D eigenvalue weighted by Gasteiger charge is -2.30. The Balaban J connectivity index is 2.41. The molecule has 1 aliphatic rings. The lowest BCUT2D eigenvalue weighted by Crippen LogP contribution is -2.33. The van der Waals surface area contributed by atoms with Crippen LogP contribution in [0.25, 0.3) is 0 Å². The first-order chi connectivity index (χ1) is 7.45. The standard InChI is InChI=1S/C13H23IO2/c1-10(2)9-15-12(8-14)16-11-6-5-7-13(11,3)4/h5-6,10-12H,7-9H2,1-4H3. The molecule has 0 saturated carbocycles. The molecule has 94 valence electrons. The molecule has 0 radical (unpaired) electrons. The molecular weight excluding hydrogens is 315 g/mol. The van der Waals surface area contributed by atoms with E-state index in [1.165, 1.54) is 0 Å². The van der Waals surface area contributed by atoms with Crippen LogP contribution in [0.1, 0.15) is 34.1 Å². The highest BCUT2D eigenvalue weighted by atomic mass is 127. The van der Waals surface area contributed by atoms with E-state index in [0.29, 0.717) is 5.92 Å². The van der Waals surface area contributed by atoms with Crippen molar-refractivity contribution < 1.29 is 9.47 Å². The van der Waals surface area contributed by atoms with Gasteiger partial charge in [-0.25, -0.2) is 0 Å². The molecule has 2 atom stereocenters. The molecule has 2 unspecified atom stereocenters. The minimum atomic E-state index is -0.0741. The average molecular weight is 338 g/mol. The molecule has 0 spiro atoms. The SMILES string of the molecule is CC(C)COC(CI)OC1C=CCC1(C)C. The van der Waals surface area contributed by atoms with Crippen molar-refractivity contribution in [3.8, 4) is 0 Å². The van der Waals surface area contributed by atoms with Crippen LogP contribution >= 0.6 is 22.6 Å². The second-order valence-electron chi connectivity index (χ2n) is 5.49. The predicted octanol–water partition coefficient (Wildman–Crippen LogP) is 3.79. The summed E-state index contributed by atoms with van der Waals surface area (Å²) >= 11 is 2.32. The number of hydrogen-bond donors (Lipinski definition) is 0. The van der Waals surface area contributed by atoms with Gasteiger partial charge in [-0.1, -0.05) is 62.4 Å². The number of allylic oxidation sites excluding steroid dienone is 1. The van der Waals surface area contributed by atoms with E-state index in [1.807, 2.05) is 0 Å². The third-order valence-electron chi connectivity index (χ3n) is 2.76. The molecule has 0 aliphatic heterocycles. The van der Waals surface area contributed by atoms with Gasteiger partial charge in [0.05, 0.1) is 17.1 Å². The van der Waals surface area contributed by atoms with E-state index >= 15 is 0 Å². The highest BCUT2D eigenvalue weighted by Crippen LogP contribution is 2.35. The molecule has 1 rings (SSSR count). The van der Waals surface area contributed by atoms with Crippen molar-refractivity contribution in [3.63, 3.8) is 0 Å². The van der Waals surface area contributed by atoms with E-state index in [4.69, 9.17) is 9.47 Å². The maximum atomic E-state index is 6.01. The van der Waals surface area contributed by atoms with Gasteiger partial charge in [-0.2, -0.15) is 0 Å². The van der Waals surface area contributed by atoms with Gasteiger partial charge in [-0.05, 0) is 17.8 Å². The summed E-state index contributed by atoms with van der Waals surface area (Å²) in [7, 11) is 0. The van der Waals surface area contributed by atoms with Gasteiger partial charge in [0.15, 0.2) is 6.29 Å². The molecule has 3 heteroatoms. The minimum absolute atomic E-state index is 0.0741. The van der Waals surface area contributed by atoms with Crippen molar-refractivity contribution in [1.29, 1.82) is 0 Å². The minimum Gasteiger partial charge on any atom is -0.352 e. The Morgan fingerprint density at radius 1 is 1.44 bits per heavy atom. The van der Waals surface area contributed by atoms with E-state index in [0.717, 1.165) is 17.5 Å². The topological polar surface area (TPSA) is 18.5 Å². The van der Waals surface area contributed by atoms with Gasteiger partial charge >= 0.3 is 0 Å². The Labute approximate surface area is 113 Å². The molecule has 0 aromatic rings.